The molecule has 1 aromatic rings. The predicted octanol–water partition coefficient (Wildman–Crippen LogP) is 3.16. The van der Waals surface area contributed by atoms with Gasteiger partial charge in [-0.2, -0.15) is 8.78 Å². The van der Waals surface area contributed by atoms with Gasteiger partial charge in [-0.1, -0.05) is 0 Å². The highest BCUT2D eigenvalue weighted by Crippen LogP contribution is 2.45. The maximum absolute atomic E-state index is 12.9. The molecular weight excluding hydrogens is 356 g/mol. The van der Waals surface area contributed by atoms with Gasteiger partial charge < -0.3 is 15.4 Å². The van der Waals surface area contributed by atoms with Gasteiger partial charge in [0.2, 0.25) is 11.8 Å². The highest BCUT2D eigenvalue weighted by atomic mass is 19.3. The second kappa shape index (κ2) is 7.79. The van der Waals surface area contributed by atoms with E-state index < -0.39 is 49.8 Å². The molecule has 5 nitrogen and oxygen atoms in total. The molecule has 140 valence electrons. The highest BCUT2D eigenvalue weighted by Gasteiger charge is 2.51. The van der Waals surface area contributed by atoms with E-state index in [0.29, 0.717) is 5.56 Å². The normalized spacial score (nSPS) is 17.9. The summed E-state index contributed by atoms with van der Waals surface area (Å²) in [5.41, 5.74) is 0.338. The Bertz CT molecular complexity index is 594. The molecule has 1 fully saturated rings. The number of carbonyl (C=O) groups is 1. The molecule has 1 atom stereocenters. The molecule has 0 aromatic carbocycles. The van der Waals surface area contributed by atoms with Crippen LogP contribution in [-0.4, -0.2) is 36.0 Å². The monoisotopic (exact) mass is 371 g/mol. The van der Waals surface area contributed by atoms with E-state index in [0.717, 1.165) is 6.07 Å². The Balaban J connectivity index is 1.85. The van der Waals surface area contributed by atoms with Crippen LogP contribution in [0.2, 0.25) is 0 Å². The third-order valence-electron chi connectivity index (χ3n) is 3.66. The van der Waals surface area contributed by atoms with E-state index in [9.17, 15) is 31.1 Å². The quantitative estimate of drug-likeness (QED) is 0.724. The number of alkyl halides is 6. The van der Waals surface area contributed by atoms with Crippen molar-refractivity contribution in [2.45, 2.75) is 44.4 Å². The van der Waals surface area contributed by atoms with Crippen LogP contribution in [0.3, 0.4) is 0 Å². The summed E-state index contributed by atoms with van der Waals surface area (Å²) < 4.78 is 79.7. The summed E-state index contributed by atoms with van der Waals surface area (Å²) in [5, 5.41) is 4.22. The van der Waals surface area contributed by atoms with Crippen molar-refractivity contribution in [3.8, 4) is 5.88 Å². The summed E-state index contributed by atoms with van der Waals surface area (Å²) in [6.07, 6.45) is -3.23. The van der Waals surface area contributed by atoms with Gasteiger partial charge in [0.05, 0.1) is 6.04 Å². The van der Waals surface area contributed by atoms with Gasteiger partial charge in [-0.25, -0.2) is 27.3 Å². The SMILES string of the molecule is O=C(NCc1ccnc(OC(F)F)c1)NC(C(F)F)C1CC(F)(F)C1. The second-order valence-electron chi connectivity index (χ2n) is 5.59. The number of rotatable bonds is 7. The minimum absolute atomic E-state index is 0.176. The molecule has 1 aliphatic carbocycles. The Morgan fingerprint density at radius 3 is 2.56 bits per heavy atom. The van der Waals surface area contributed by atoms with Gasteiger partial charge in [-0.3, -0.25) is 0 Å². The van der Waals surface area contributed by atoms with Crippen LogP contribution in [0.15, 0.2) is 18.3 Å². The summed E-state index contributed by atoms with van der Waals surface area (Å²) >= 11 is 0. The molecule has 0 bridgehead atoms. The van der Waals surface area contributed by atoms with E-state index in [-0.39, 0.29) is 12.4 Å². The number of hydrogen-bond donors (Lipinski definition) is 2. The summed E-state index contributed by atoms with van der Waals surface area (Å²) in [5.74, 6) is -4.35. The zero-order valence-electron chi connectivity index (χ0n) is 12.7. The van der Waals surface area contributed by atoms with E-state index in [2.05, 4.69) is 15.0 Å². The lowest BCUT2D eigenvalue weighted by molar-refractivity contribution is -0.131. The number of ether oxygens (including phenoxy) is 1. The minimum atomic E-state index is -3.06. The van der Waals surface area contributed by atoms with Gasteiger partial charge in [0.1, 0.15) is 0 Å². The van der Waals surface area contributed by atoms with Crippen molar-refractivity contribution in [2.24, 2.45) is 5.92 Å². The van der Waals surface area contributed by atoms with Gasteiger partial charge in [0, 0.05) is 31.6 Å². The minimum Gasteiger partial charge on any atom is -0.417 e. The average molecular weight is 371 g/mol. The molecule has 2 N–H and O–H groups in total. The van der Waals surface area contributed by atoms with Gasteiger partial charge >= 0.3 is 12.6 Å². The lowest BCUT2D eigenvalue weighted by Crippen LogP contribution is -2.54. The first-order valence-electron chi connectivity index (χ1n) is 7.26. The fraction of sp³-hybridized carbons (Fsp3) is 0.571. The number of nitrogens with zero attached hydrogens (tertiary/aromatic N) is 1. The Hall–Kier alpha value is -2.20. The standard InChI is InChI=1S/C14H15F6N3O2/c15-11(16)10(8-4-14(19,20)5-8)23-13(24)22-6-7-1-2-21-9(3-7)25-12(17)18/h1-3,8,10-12H,4-6H2,(H2,22,23,24). The van der Waals surface area contributed by atoms with Crippen LogP contribution in [0.1, 0.15) is 18.4 Å². The smallest absolute Gasteiger partial charge is 0.388 e. The van der Waals surface area contributed by atoms with Crippen molar-refractivity contribution in [3.63, 3.8) is 0 Å². The van der Waals surface area contributed by atoms with E-state index in [4.69, 9.17) is 0 Å². The maximum atomic E-state index is 12.9. The van der Waals surface area contributed by atoms with Crippen molar-refractivity contribution >= 4 is 6.03 Å². The lowest BCUT2D eigenvalue weighted by atomic mass is 9.76. The average Bonchev–Trinajstić information content (AvgIpc) is 2.47. The predicted molar refractivity (Wildman–Crippen MR) is 73.7 cm³/mol. The maximum Gasteiger partial charge on any atom is 0.388 e. The second-order valence-corrected chi connectivity index (χ2v) is 5.59. The van der Waals surface area contributed by atoms with Crippen molar-refractivity contribution in [3.05, 3.63) is 23.9 Å². The molecule has 1 unspecified atom stereocenters. The largest absolute Gasteiger partial charge is 0.417 e. The first kappa shape index (κ1) is 19.1. The molecule has 1 aromatic heterocycles. The summed E-state index contributed by atoms with van der Waals surface area (Å²) in [7, 11) is 0. The van der Waals surface area contributed by atoms with Crippen LogP contribution < -0.4 is 15.4 Å². The van der Waals surface area contributed by atoms with E-state index in [1.807, 2.05) is 5.32 Å². The van der Waals surface area contributed by atoms with Crippen LogP contribution in [0.25, 0.3) is 0 Å². The van der Waals surface area contributed by atoms with Gasteiger partial charge in [0.15, 0.2) is 0 Å². The molecule has 2 rings (SSSR count). The summed E-state index contributed by atoms with van der Waals surface area (Å²) in [6.45, 7) is -3.24. The zero-order valence-corrected chi connectivity index (χ0v) is 12.7. The lowest BCUT2D eigenvalue weighted by Gasteiger charge is -2.39. The Kier molecular flexibility index (Phi) is 5.96. The highest BCUT2D eigenvalue weighted by molar-refractivity contribution is 5.74. The van der Waals surface area contributed by atoms with Crippen molar-refractivity contribution < 1.29 is 35.9 Å². The number of pyridine rings is 1. The van der Waals surface area contributed by atoms with Crippen molar-refractivity contribution in [1.29, 1.82) is 0 Å². The van der Waals surface area contributed by atoms with Crippen LogP contribution in [-0.2, 0) is 6.54 Å². The molecule has 0 spiro atoms. The van der Waals surface area contributed by atoms with Crippen LogP contribution in [0, 0.1) is 5.92 Å². The molecular formula is C14H15F6N3O2. The first-order chi connectivity index (χ1) is 11.7. The topological polar surface area (TPSA) is 63.2 Å². The molecule has 0 radical (unpaired) electrons. The van der Waals surface area contributed by atoms with Crippen molar-refractivity contribution in [1.82, 2.24) is 15.6 Å². The molecule has 1 aliphatic rings. The number of nitrogens with one attached hydrogen (secondary N) is 2. The number of carbonyl (C=O) groups excluding carboxylic acids is 1. The third-order valence-corrected chi connectivity index (χ3v) is 3.66. The van der Waals surface area contributed by atoms with Gasteiger partial charge in [-0.05, 0) is 17.5 Å². The Morgan fingerprint density at radius 2 is 2.00 bits per heavy atom. The molecule has 0 saturated heterocycles. The first-order valence-corrected chi connectivity index (χ1v) is 7.26. The number of aromatic nitrogens is 1. The Labute approximate surface area is 138 Å². The summed E-state index contributed by atoms with van der Waals surface area (Å²) in [4.78, 5) is 15.2. The van der Waals surface area contributed by atoms with Gasteiger partial charge in [-0.15, -0.1) is 0 Å². The summed E-state index contributed by atoms with van der Waals surface area (Å²) in [6, 6.07) is -0.123. The van der Waals surface area contributed by atoms with Crippen LogP contribution >= 0.6 is 0 Å². The molecule has 0 aliphatic heterocycles. The third kappa shape index (κ3) is 5.68. The zero-order chi connectivity index (χ0) is 18.6. The van der Waals surface area contributed by atoms with E-state index in [1.54, 1.807) is 0 Å². The molecule has 25 heavy (non-hydrogen) atoms. The number of amides is 2. The van der Waals surface area contributed by atoms with Gasteiger partial charge in [0.25, 0.3) is 6.43 Å². The Morgan fingerprint density at radius 1 is 1.32 bits per heavy atom. The van der Waals surface area contributed by atoms with E-state index >= 15 is 0 Å². The van der Waals surface area contributed by atoms with E-state index in [1.165, 1.54) is 12.3 Å². The van der Waals surface area contributed by atoms with Crippen LogP contribution in [0.5, 0.6) is 5.88 Å². The molecule has 1 saturated carbocycles. The molecule has 2 amide bonds. The number of hydrogen-bond acceptors (Lipinski definition) is 3. The molecule has 11 heteroatoms. The van der Waals surface area contributed by atoms with Crippen LogP contribution in [0.4, 0.5) is 31.1 Å². The fourth-order valence-electron chi connectivity index (χ4n) is 2.45. The van der Waals surface area contributed by atoms with Crippen molar-refractivity contribution in [2.75, 3.05) is 0 Å². The number of halogens is 6. The fourth-order valence-corrected chi connectivity index (χ4v) is 2.45. The number of urea groups is 1. The molecule has 1 heterocycles.